The highest BCUT2D eigenvalue weighted by molar-refractivity contribution is 8.00. The van der Waals surface area contributed by atoms with Gasteiger partial charge in [-0.3, -0.25) is 25.2 Å². The van der Waals surface area contributed by atoms with Gasteiger partial charge in [-0.15, -0.1) is 11.8 Å². The molecule has 0 saturated carbocycles. The summed E-state index contributed by atoms with van der Waals surface area (Å²) in [5.41, 5.74) is 7.89. The number of thioether (sulfide) groups is 1. The van der Waals surface area contributed by atoms with E-state index in [2.05, 4.69) is 16.2 Å². The molecular weight excluding hydrogens is 366 g/mol. The minimum absolute atomic E-state index is 0.0456. The summed E-state index contributed by atoms with van der Waals surface area (Å²) in [6.45, 7) is 7.33. The molecule has 8 heteroatoms. The van der Waals surface area contributed by atoms with Gasteiger partial charge in [0.25, 0.3) is 5.91 Å². The fraction of sp³-hybridized carbons (Fsp3) is 0.316. The number of rotatable bonds is 6. The van der Waals surface area contributed by atoms with Crippen LogP contribution < -0.4 is 16.2 Å². The molecule has 1 aromatic heterocycles. The summed E-state index contributed by atoms with van der Waals surface area (Å²) in [5, 5.41) is 2.82. The van der Waals surface area contributed by atoms with Crippen LogP contribution in [-0.4, -0.2) is 29.2 Å². The molecule has 144 valence electrons. The zero-order chi connectivity index (χ0) is 20.0. The number of hydrogen-bond donors (Lipinski definition) is 3. The van der Waals surface area contributed by atoms with Gasteiger partial charge in [0.15, 0.2) is 0 Å². The monoisotopic (exact) mass is 389 g/mol. The van der Waals surface area contributed by atoms with Gasteiger partial charge >= 0.3 is 0 Å². The largest absolute Gasteiger partial charge is 0.466 e. The molecule has 1 aromatic carbocycles. The van der Waals surface area contributed by atoms with E-state index in [4.69, 9.17) is 4.42 Å². The number of hydrogen-bond acceptors (Lipinski definition) is 5. The van der Waals surface area contributed by atoms with Crippen LogP contribution in [0.1, 0.15) is 33.0 Å². The maximum absolute atomic E-state index is 12.0. The van der Waals surface area contributed by atoms with Gasteiger partial charge in [-0.2, -0.15) is 0 Å². The fourth-order valence-electron chi connectivity index (χ4n) is 2.46. The molecule has 3 amide bonds. The normalized spacial score (nSPS) is 10.4. The number of hydrazine groups is 1. The van der Waals surface area contributed by atoms with Crippen molar-refractivity contribution in [2.45, 2.75) is 27.7 Å². The van der Waals surface area contributed by atoms with Crippen LogP contribution in [0.5, 0.6) is 0 Å². The van der Waals surface area contributed by atoms with Crippen LogP contribution in [0, 0.1) is 27.7 Å². The first-order valence-electron chi connectivity index (χ1n) is 8.37. The molecule has 2 rings (SSSR count). The van der Waals surface area contributed by atoms with E-state index in [1.807, 2.05) is 32.0 Å². The Morgan fingerprint density at radius 3 is 2.30 bits per heavy atom. The molecule has 2 aromatic rings. The maximum atomic E-state index is 12.0. The molecule has 7 nitrogen and oxygen atoms in total. The third-order valence-corrected chi connectivity index (χ3v) is 4.66. The van der Waals surface area contributed by atoms with Crippen molar-refractivity contribution < 1.29 is 18.8 Å². The van der Waals surface area contributed by atoms with Gasteiger partial charge in [0.2, 0.25) is 11.8 Å². The molecule has 1 heterocycles. The molecule has 3 N–H and O–H groups in total. The van der Waals surface area contributed by atoms with Crippen LogP contribution in [-0.2, 0) is 9.59 Å². The van der Waals surface area contributed by atoms with Gasteiger partial charge in [0.1, 0.15) is 11.5 Å². The Bertz CT molecular complexity index is 861. The molecule has 0 bridgehead atoms. The quantitative estimate of drug-likeness (QED) is 0.660. The molecule has 0 atom stereocenters. The topological polar surface area (TPSA) is 100 Å². The summed E-state index contributed by atoms with van der Waals surface area (Å²) in [5.74, 6) is 0.249. The minimum Gasteiger partial charge on any atom is -0.466 e. The summed E-state index contributed by atoms with van der Waals surface area (Å²) < 4.78 is 5.28. The Morgan fingerprint density at radius 1 is 0.963 bits per heavy atom. The van der Waals surface area contributed by atoms with Crippen LogP contribution >= 0.6 is 11.8 Å². The Balaban J connectivity index is 1.70. The number of benzene rings is 1. The first-order chi connectivity index (χ1) is 12.8. The molecule has 0 unspecified atom stereocenters. The van der Waals surface area contributed by atoms with Crippen molar-refractivity contribution in [3.63, 3.8) is 0 Å². The van der Waals surface area contributed by atoms with E-state index in [1.54, 1.807) is 19.9 Å². The van der Waals surface area contributed by atoms with Gasteiger partial charge < -0.3 is 9.73 Å². The van der Waals surface area contributed by atoms with Crippen molar-refractivity contribution in [1.29, 1.82) is 0 Å². The van der Waals surface area contributed by atoms with Crippen LogP contribution in [0.4, 0.5) is 5.69 Å². The Labute approximate surface area is 162 Å². The second-order valence-corrected chi connectivity index (χ2v) is 7.17. The van der Waals surface area contributed by atoms with Crippen molar-refractivity contribution in [2.24, 2.45) is 0 Å². The van der Waals surface area contributed by atoms with Gasteiger partial charge in [-0.1, -0.05) is 17.7 Å². The molecule has 0 aliphatic carbocycles. The number of nitrogens with one attached hydrogen (secondary N) is 3. The lowest BCUT2D eigenvalue weighted by Gasteiger charge is -2.09. The average Bonchev–Trinajstić information content (AvgIpc) is 2.93. The van der Waals surface area contributed by atoms with Crippen molar-refractivity contribution in [2.75, 3.05) is 16.8 Å². The number of amides is 3. The van der Waals surface area contributed by atoms with E-state index in [9.17, 15) is 14.4 Å². The molecule has 27 heavy (non-hydrogen) atoms. The Kier molecular flexibility index (Phi) is 7.06. The summed E-state index contributed by atoms with van der Waals surface area (Å²) in [6.07, 6.45) is 0. The van der Waals surface area contributed by atoms with Crippen LogP contribution in [0.15, 0.2) is 28.7 Å². The zero-order valence-corrected chi connectivity index (χ0v) is 16.6. The second-order valence-electron chi connectivity index (χ2n) is 6.19. The molecule has 0 radical (unpaired) electrons. The van der Waals surface area contributed by atoms with E-state index in [0.29, 0.717) is 17.1 Å². The zero-order valence-electron chi connectivity index (χ0n) is 15.8. The van der Waals surface area contributed by atoms with Gasteiger partial charge in [-0.25, -0.2) is 0 Å². The lowest BCUT2D eigenvalue weighted by Crippen LogP contribution is -2.42. The Hall–Kier alpha value is -2.74. The number of anilines is 1. The minimum atomic E-state index is -0.449. The van der Waals surface area contributed by atoms with E-state index in [1.165, 1.54) is 0 Å². The third kappa shape index (κ3) is 6.18. The summed E-state index contributed by atoms with van der Waals surface area (Å²) in [6, 6.07) is 7.37. The first-order valence-corrected chi connectivity index (χ1v) is 9.53. The van der Waals surface area contributed by atoms with Crippen molar-refractivity contribution in [1.82, 2.24) is 10.9 Å². The van der Waals surface area contributed by atoms with Crippen LogP contribution in [0.2, 0.25) is 0 Å². The lowest BCUT2D eigenvalue weighted by molar-refractivity contribution is -0.119. The first kappa shape index (κ1) is 20.6. The summed E-state index contributed by atoms with van der Waals surface area (Å²) in [7, 11) is 0. The highest BCUT2D eigenvalue weighted by atomic mass is 32.2. The van der Waals surface area contributed by atoms with Crippen LogP contribution in [0.3, 0.4) is 0 Å². The molecular formula is C19H23N3O4S. The second kappa shape index (κ2) is 9.27. The van der Waals surface area contributed by atoms with E-state index in [0.717, 1.165) is 28.6 Å². The standard InChI is InChI=1S/C19H23N3O4S/c1-11-5-6-16(12(2)7-11)20-17(23)9-27-10-18(24)21-22-19(25)15-8-13(3)26-14(15)4/h5-8H,9-10H2,1-4H3,(H,20,23)(H,21,24)(H,22,25). The number of carbonyl (C=O) groups is 3. The van der Waals surface area contributed by atoms with Gasteiger partial charge in [0.05, 0.1) is 17.1 Å². The fourth-order valence-corrected chi connectivity index (χ4v) is 3.08. The third-order valence-electron chi connectivity index (χ3n) is 3.72. The molecule has 0 fully saturated rings. The van der Waals surface area contributed by atoms with Crippen molar-refractivity contribution in [3.8, 4) is 0 Å². The number of furan rings is 1. The predicted molar refractivity (Wildman–Crippen MR) is 106 cm³/mol. The van der Waals surface area contributed by atoms with E-state index >= 15 is 0 Å². The smallest absolute Gasteiger partial charge is 0.273 e. The number of carbonyl (C=O) groups excluding carboxylic acids is 3. The van der Waals surface area contributed by atoms with Crippen molar-refractivity contribution >= 4 is 35.2 Å². The van der Waals surface area contributed by atoms with Crippen molar-refractivity contribution in [3.05, 3.63) is 52.5 Å². The number of aryl methyl sites for hydroxylation is 4. The lowest BCUT2D eigenvalue weighted by atomic mass is 10.1. The summed E-state index contributed by atoms with van der Waals surface area (Å²) >= 11 is 1.16. The predicted octanol–water partition coefficient (Wildman–Crippen LogP) is 2.65. The average molecular weight is 389 g/mol. The highest BCUT2D eigenvalue weighted by Gasteiger charge is 2.14. The molecule has 0 saturated heterocycles. The van der Waals surface area contributed by atoms with Gasteiger partial charge in [0, 0.05) is 5.69 Å². The molecule has 0 aliphatic rings. The Morgan fingerprint density at radius 2 is 1.67 bits per heavy atom. The maximum Gasteiger partial charge on any atom is 0.273 e. The van der Waals surface area contributed by atoms with E-state index in [-0.39, 0.29) is 17.4 Å². The SMILES string of the molecule is Cc1ccc(NC(=O)CSCC(=O)NNC(=O)c2cc(C)oc2C)c(C)c1. The highest BCUT2D eigenvalue weighted by Crippen LogP contribution is 2.16. The van der Waals surface area contributed by atoms with Crippen LogP contribution in [0.25, 0.3) is 0 Å². The summed E-state index contributed by atoms with van der Waals surface area (Å²) in [4.78, 5) is 35.7. The van der Waals surface area contributed by atoms with Gasteiger partial charge in [-0.05, 0) is 45.4 Å². The molecule has 0 aliphatic heterocycles. The van der Waals surface area contributed by atoms with E-state index < -0.39 is 11.8 Å². The molecule has 0 spiro atoms.